The minimum absolute atomic E-state index is 0.440. The summed E-state index contributed by atoms with van der Waals surface area (Å²) in [6.45, 7) is 3.91. The van der Waals surface area contributed by atoms with Crippen molar-refractivity contribution < 1.29 is 0 Å². The molecule has 21 heavy (non-hydrogen) atoms. The van der Waals surface area contributed by atoms with Crippen molar-refractivity contribution in [3.63, 3.8) is 0 Å². The minimum atomic E-state index is 0.440. The van der Waals surface area contributed by atoms with Gasteiger partial charge in [-0.1, -0.05) is 54.6 Å². The summed E-state index contributed by atoms with van der Waals surface area (Å²) in [6, 6.07) is 18.9. The van der Waals surface area contributed by atoms with Crippen LogP contribution in [0.5, 0.6) is 0 Å². The van der Waals surface area contributed by atoms with Gasteiger partial charge in [-0.15, -0.1) is 6.58 Å². The van der Waals surface area contributed by atoms with Crippen LogP contribution in [0.25, 0.3) is 10.9 Å². The molecule has 0 aliphatic rings. The quantitative estimate of drug-likeness (QED) is 0.640. The maximum Gasteiger partial charge on any atom is 0.0923 e. The van der Waals surface area contributed by atoms with Gasteiger partial charge in [0.25, 0.3) is 0 Å². The van der Waals surface area contributed by atoms with Crippen LogP contribution in [0.15, 0.2) is 67.3 Å². The molecular formula is C19H20N2. The average molecular weight is 276 g/mol. The summed E-state index contributed by atoms with van der Waals surface area (Å²) in [7, 11) is 0. The van der Waals surface area contributed by atoms with E-state index in [9.17, 15) is 0 Å². The van der Waals surface area contributed by atoms with Gasteiger partial charge in [0.05, 0.1) is 5.52 Å². The number of aromatic amines is 1. The number of hydrogen-bond acceptors (Lipinski definition) is 1. The topological polar surface area (TPSA) is 28.7 Å². The van der Waals surface area contributed by atoms with Gasteiger partial charge in [-0.3, -0.25) is 5.10 Å². The number of para-hydroxylation sites is 1. The fourth-order valence-corrected chi connectivity index (χ4v) is 2.86. The van der Waals surface area contributed by atoms with Crippen LogP contribution in [0.4, 0.5) is 0 Å². The second-order valence-electron chi connectivity index (χ2n) is 5.40. The molecule has 3 rings (SSSR count). The molecule has 1 aromatic heterocycles. The second-order valence-corrected chi connectivity index (χ2v) is 5.40. The lowest BCUT2D eigenvalue weighted by molar-refractivity contribution is 0.617. The van der Waals surface area contributed by atoms with Gasteiger partial charge in [-0.05, 0) is 30.9 Å². The lowest BCUT2D eigenvalue weighted by Crippen LogP contribution is -2.01. The lowest BCUT2D eigenvalue weighted by Gasteiger charge is -2.14. The number of fused-ring (bicyclic) bond motifs is 1. The molecule has 3 aromatic rings. The van der Waals surface area contributed by atoms with E-state index in [1.54, 1.807) is 0 Å². The Morgan fingerprint density at radius 2 is 1.81 bits per heavy atom. The zero-order valence-electron chi connectivity index (χ0n) is 12.1. The molecule has 1 heterocycles. The van der Waals surface area contributed by atoms with Crippen molar-refractivity contribution >= 4 is 10.9 Å². The van der Waals surface area contributed by atoms with E-state index in [4.69, 9.17) is 0 Å². The molecule has 1 atom stereocenters. The van der Waals surface area contributed by atoms with E-state index in [0.29, 0.717) is 5.92 Å². The fraction of sp³-hybridized carbons (Fsp3) is 0.211. The van der Waals surface area contributed by atoms with Crippen molar-refractivity contribution in [1.82, 2.24) is 10.2 Å². The smallest absolute Gasteiger partial charge is 0.0923 e. The molecule has 1 unspecified atom stereocenters. The predicted octanol–water partition coefficient (Wildman–Crippen LogP) is 4.86. The van der Waals surface area contributed by atoms with Gasteiger partial charge < -0.3 is 0 Å². The van der Waals surface area contributed by atoms with Crippen LogP contribution < -0.4 is 0 Å². The number of allylic oxidation sites excluding steroid dienone is 1. The molecule has 0 aliphatic carbocycles. The number of benzene rings is 2. The predicted molar refractivity (Wildman–Crippen MR) is 88.4 cm³/mol. The van der Waals surface area contributed by atoms with Gasteiger partial charge in [0.1, 0.15) is 0 Å². The standard InChI is InChI=1S/C19H20N2/c1-2-8-16(14-13-15-9-4-3-5-10-15)19-17-11-6-7-12-18(17)20-21-19/h2-7,9-12,16H,1,8,13-14H2,(H,20,21). The van der Waals surface area contributed by atoms with Crippen molar-refractivity contribution in [3.05, 3.63) is 78.5 Å². The highest BCUT2D eigenvalue weighted by Crippen LogP contribution is 2.29. The summed E-state index contributed by atoms with van der Waals surface area (Å²) >= 11 is 0. The van der Waals surface area contributed by atoms with Crippen molar-refractivity contribution in [2.45, 2.75) is 25.2 Å². The molecule has 0 radical (unpaired) electrons. The summed E-state index contributed by atoms with van der Waals surface area (Å²) in [5.41, 5.74) is 3.66. The highest BCUT2D eigenvalue weighted by atomic mass is 15.1. The summed E-state index contributed by atoms with van der Waals surface area (Å²) in [5, 5.41) is 8.89. The van der Waals surface area contributed by atoms with Crippen LogP contribution in [0.1, 0.15) is 30.0 Å². The van der Waals surface area contributed by atoms with Crippen molar-refractivity contribution in [3.8, 4) is 0 Å². The molecule has 2 heteroatoms. The second kappa shape index (κ2) is 6.40. The van der Waals surface area contributed by atoms with Crippen molar-refractivity contribution in [2.75, 3.05) is 0 Å². The number of aryl methyl sites for hydroxylation is 1. The fourth-order valence-electron chi connectivity index (χ4n) is 2.86. The third-order valence-corrected chi connectivity index (χ3v) is 3.97. The molecule has 0 bridgehead atoms. The van der Waals surface area contributed by atoms with Gasteiger partial charge in [-0.2, -0.15) is 5.10 Å². The average Bonchev–Trinajstić information content (AvgIpc) is 2.96. The SMILES string of the molecule is C=CCC(CCc1ccccc1)c1[nH]nc2ccccc12. The maximum atomic E-state index is 4.42. The molecule has 0 fully saturated rings. The van der Waals surface area contributed by atoms with E-state index >= 15 is 0 Å². The van der Waals surface area contributed by atoms with E-state index in [2.05, 4.69) is 65.3 Å². The molecule has 106 valence electrons. The van der Waals surface area contributed by atoms with E-state index in [1.165, 1.54) is 16.6 Å². The highest BCUT2D eigenvalue weighted by molar-refractivity contribution is 5.81. The monoisotopic (exact) mass is 276 g/mol. The van der Waals surface area contributed by atoms with E-state index in [-0.39, 0.29) is 0 Å². The first-order valence-electron chi connectivity index (χ1n) is 7.46. The van der Waals surface area contributed by atoms with Gasteiger partial charge >= 0.3 is 0 Å². The van der Waals surface area contributed by atoms with Gasteiger partial charge in [0.15, 0.2) is 0 Å². The number of hydrogen-bond donors (Lipinski definition) is 1. The molecule has 0 saturated carbocycles. The summed E-state index contributed by atoms with van der Waals surface area (Å²) < 4.78 is 0. The summed E-state index contributed by atoms with van der Waals surface area (Å²) in [4.78, 5) is 0. The van der Waals surface area contributed by atoms with Crippen LogP contribution in [0.2, 0.25) is 0 Å². The van der Waals surface area contributed by atoms with Gasteiger partial charge in [-0.25, -0.2) is 0 Å². The Kier molecular flexibility index (Phi) is 4.15. The molecule has 0 amide bonds. The minimum Gasteiger partial charge on any atom is -0.281 e. The Balaban J connectivity index is 1.82. The molecule has 0 saturated heterocycles. The van der Waals surface area contributed by atoms with E-state index in [1.807, 2.05) is 12.1 Å². The van der Waals surface area contributed by atoms with Gasteiger partial charge in [0.2, 0.25) is 0 Å². The number of nitrogens with zero attached hydrogens (tertiary/aromatic N) is 1. The number of aromatic nitrogens is 2. The Bertz CT molecular complexity index is 713. The van der Waals surface area contributed by atoms with Crippen LogP contribution in [0.3, 0.4) is 0 Å². The maximum absolute atomic E-state index is 4.42. The van der Waals surface area contributed by atoms with E-state index < -0.39 is 0 Å². The number of nitrogens with one attached hydrogen (secondary N) is 1. The molecular weight excluding hydrogens is 256 g/mol. The number of H-pyrrole nitrogens is 1. The Morgan fingerprint density at radius 1 is 1.05 bits per heavy atom. The van der Waals surface area contributed by atoms with Crippen LogP contribution >= 0.6 is 0 Å². The summed E-state index contributed by atoms with van der Waals surface area (Å²) in [6.07, 6.45) is 5.15. The van der Waals surface area contributed by atoms with Crippen LogP contribution in [0, 0.1) is 0 Å². The Hall–Kier alpha value is -2.35. The Morgan fingerprint density at radius 3 is 2.62 bits per heavy atom. The molecule has 2 nitrogen and oxygen atoms in total. The number of rotatable bonds is 6. The first kappa shape index (κ1) is 13.6. The van der Waals surface area contributed by atoms with Crippen LogP contribution in [-0.2, 0) is 6.42 Å². The van der Waals surface area contributed by atoms with E-state index in [0.717, 1.165) is 24.8 Å². The van der Waals surface area contributed by atoms with Crippen molar-refractivity contribution in [1.29, 1.82) is 0 Å². The zero-order valence-corrected chi connectivity index (χ0v) is 12.1. The molecule has 1 N–H and O–H groups in total. The highest BCUT2D eigenvalue weighted by Gasteiger charge is 2.15. The van der Waals surface area contributed by atoms with Crippen molar-refractivity contribution in [2.24, 2.45) is 0 Å². The lowest BCUT2D eigenvalue weighted by atomic mass is 9.92. The zero-order chi connectivity index (χ0) is 14.5. The normalized spacial score (nSPS) is 12.4. The largest absolute Gasteiger partial charge is 0.281 e. The molecule has 0 aliphatic heterocycles. The first-order valence-corrected chi connectivity index (χ1v) is 7.46. The Labute approximate surface area is 125 Å². The molecule has 0 spiro atoms. The van der Waals surface area contributed by atoms with Gasteiger partial charge in [0, 0.05) is 17.0 Å². The third kappa shape index (κ3) is 3.05. The summed E-state index contributed by atoms with van der Waals surface area (Å²) in [5.74, 6) is 0.440. The molecule has 2 aromatic carbocycles. The third-order valence-electron chi connectivity index (χ3n) is 3.97. The first-order chi connectivity index (χ1) is 10.4. The van der Waals surface area contributed by atoms with Crippen LogP contribution in [-0.4, -0.2) is 10.2 Å².